The van der Waals surface area contributed by atoms with Gasteiger partial charge in [0.2, 0.25) is 5.88 Å². The minimum atomic E-state index is -0.189. The van der Waals surface area contributed by atoms with Gasteiger partial charge in [0.05, 0.1) is 6.20 Å². The van der Waals surface area contributed by atoms with E-state index in [-0.39, 0.29) is 5.91 Å². The molecular formula is C21H18N4O2. The Hall–Kier alpha value is -3.67. The highest BCUT2D eigenvalue weighted by Gasteiger charge is 2.11. The number of amides is 1. The van der Waals surface area contributed by atoms with E-state index in [2.05, 4.69) is 26.3 Å². The van der Waals surface area contributed by atoms with Crippen LogP contribution in [0.4, 0.5) is 5.69 Å². The Kier molecular flexibility index (Phi) is 4.30. The van der Waals surface area contributed by atoms with Crippen LogP contribution in [-0.2, 0) is 0 Å². The van der Waals surface area contributed by atoms with Crippen molar-refractivity contribution in [1.29, 1.82) is 0 Å². The van der Waals surface area contributed by atoms with Gasteiger partial charge >= 0.3 is 0 Å². The minimum Gasteiger partial charge on any atom is -0.438 e. The molecular weight excluding hydrogens is 340 g/mol. The topological polar surface area (TPSA) is 79.9 Å². The van der Waals surface area contributed by atoms with Crippen LogP contribution in [0.15, 0.2) is 61.1 Å². The first-order chi connectivity index (χ1) is 13.1. The van der Waals surface area contributed by atoms with Gasteiger partial charge in [-0.15, -0.1) is 0 Å². The van der Waals surface area contributed by atoms with Gasteiger partial charge in [-0.25, -0.2) is 4.98 Å². The number of anilines is 1. The number of nitrogens with one attached hydrogen (secondary N) is 2. The maximum absolute atomic E-state index is 12.6. The Morgan fingerprint density at radius 2 is 1.89 bits per heavy atom. The van der Waals surface area contributed by atoms with Gasteiger partial charge in [-0.2, -0.15) is 0 Å². The number of aromatic amines is 1. The molecule has 0 fully saturated rings. The lowest BCUT2D eigenvalue weighted by molar-refractivity contribution is 0.102. The molecule has 0 bridgehead atoms. The molecule has 0 aliphatic rings. The predicted octanol–water partition coefficient (Wildman–Crippen LogP) is 4.62. The van der Waals surface area contributed by atoms with Crippen molar-refractivity contribution in [2.75, 3.05) is 5.32 Å². The standard InChI is InChI=1S/C21H18N4O2/c1-13-9-14(2)17-11-19(25-18(17)10-13)21(26)24-15-3-5-16(6-4-15)27-20-12-22-7-8-23-20/h3-12,25H,1-2H3,(H,24,26). The molecule has 0 spiro atoms. The maximum Gasteiger partial charge on any atom is 0.272 e. The summed E-state index contributed by atoms with van der Waals surface area (Å²) < 4.78 is 5.59. The number of ether oxygens (including phenoxy) is 1. The third-order valence-corrected chi connectivity index (χ3v) is 4.21. The SMILES string of the molecule is Cc1cc(C)c2cc(C(=O)Nc3ccc(Oc4cnccn4)cc3)[nH]c2c1. The van der Waals surface area contributed by atoms with Crippen molar-refractivity contribution in [3.63, 3.8) is 0 Å². The summed E-state index contributed by atoms with van der Waals surface area (Å²) in [4.78, 5) is 23.8. The molecule has 0 atom stereocenters. The summed E-state index contributed by atoms with van der Waals surface area (Å²) in [6.07, 6.45) is 4.68. The number of carbonyl (C=O) groups is 1. The average molecular weight is 358 g/mol. The van der Waals surface area contributed by atoms with Crippen LogP contribution in [0.25, 0.3) is 10.9 Å². The number of aromatic nitrogens is 3. The number of aryl methyl sites for hydroxylation is 2. The number of hydrogen-bond acceptors (Lipinski definition) is 4. The molecule has 2 aromatic carbocycles. The highest BCUT2D eigenvalue weighted by Crippen LogP contribution is 2.23. The fourth-order valence-corrected chi connectivity index (χ4v) is 2.99. The van der Waals surface area contributed by atoms with Crippen LogP contribution in [0.2, 0.25) is 0 Å². The van der Waals surface area contributed by atoms with Crippen LogP contribution in [0.1, 0.15) is 21.6 Å². The summed E-state index contributed by atoms with van der Waals surface area (Å²) in [5.74, 6) is 0.842. The van der Waals surface area contributed by atoms with Crippen molar-refractivity contribution in [2.24, 2.45) is 0 Å². The second kappa shape index (κ2) is 6.92. The monoisotopic (exact) mass is 358 g/mol. The number of nitrogens with zero attached hydrogens (tertiary/aromatic N) is 2. The Balaban J connectivity index is 1.49. The molecule has 0 radical (unpaired) electrons. The summed E-state index contributed by atoms with van der Waals surface area (Å²) in [6, 6.07) is 13.1. The van der Waals surface area contributed by atoms with Crippen molar-refractivity contribution in [3.8, 4) is 11.6 Å². The summed E-state index contributed by atoms with van der Waals surface area (Å²) in [5, 5.41) is 3.94. The van der Waals surface area contributed by atoms with Gasteiger partial charge < -0.3 is 15.0 Å². The first-order valence-corrected chi connectivity index (χ1v) is 8.54. The van der Waals surface area contributed by atoms with Gasteiger partial charge in [-0.05, 0) is 61.4 Å². The molecule has 1 amide bonds. The summed E-state index contributed by atoms with van der Waals surface area (Å²) in [6.45, 7) is 4.08. The first kappa shape index (κ1) is 16.8. The normalized spacial score (nSPS) is 10.7. The van der Waals surface area contributed by atoms with E-state index < -0.39 is 0 Å². The predicted molar refractivity (Wildman–Crippen MR) is 104 cm³/mol. The molecule has 0 aliphatic carbocycles. The Bertz CT molecular complexity index is 1100. The molecule has 27 heavy (non-hydrogen) atoms. The Labute approximate surface area is 156 Å². The Morgan fingerprint density at radius 1 is 1.07 bits per heavy atom. The van der Waals surface area contributed by atoms with Crippen molar-refractivity contribution >= 4 is 22.5 Å². The fourth-order valence-electron chi connectivity index (χ4n) is 2.99. The third kappa shape index (κ3) is 3.64. The molecule has 134 valence electrons. The smallest absolute Gasteiger partial charge is 0.272 e. The van der Waals surface area contributed by atoms with Crippen molar-refractivity contribution < 1.29 is 9.53 Å². The zero-order chi connectivity index (χ0) is 18.8. The fraction of sp³-hybridized carbons (Fsp3) is 0.0952. The van der Waals surface area contributed by atoms with E-state index in [1.54, 1.807) is 36.7 Å². The summed E-state index contributed by atoms with van der Waals surface area (Å²) >= 11 is 0. The molecule has 6 heteroatoms. The summed E-state index contributed by atoms with van der Waals surface area (Å²) in [7, 11) is 0. The number of hydrogen-bond donors (Lipinski definition) is 2. The second-order valence-electron chi connectivity index (χ2n) is 6.35. The zero-order valence-corrected chi connectivity index (χ0v) is 15.0. The highest BCUT2D eigenvalue weighted by molar-refractivity contribution is 6.06. The quantitative estimate of drug-likeness (QED) is 0.558. The Morgan fingerprint density at radius 3 is 2.63 bits per heavy atom. The van der Waals surface area contributed by atoms with Crippen LogP contribution in [0.3, 0.4) is 0 Å². The van der Waals surface area contributed by atoms with E-state index in [0.29, 0.717) is 23.0 Å². The molecule has 4 aromatic rings. The largest absolute Gasteiger partial charge is 0.438 e. The second-order valence-corrected chi connectivity index (χ2v) is 6.35. The van der Waals surface area contributed by atoms with Crippen molar-refractivity contribution in [1.82, 2.24) is 15.0 Å². The summed E-state index contributed by atoms with van der Waals surface area (Å²) in [5.41, 5.74) is 4.47. The number of H-pyrrole nitrogens is 1. The molecule has 4 rings (SSSR count). The first-order valence-electron chi connectivity index (χ1n) is 8.54. The van der Waals surface area contributed by atoms with Crippen LogP contribution < -0.4 is 10.1 Å². The molecule has 0 saturated carbocycles. The molecule has 0 saturated heterocycles. The average Bonchev–Trinajstić information content (AvgIpc) is 3.09. The van der Waals surface area contributed by atoms with Crippen LogP contribution in [-0.4, -0.2) is 20.9 Å². The van der Waals surface area contributed by atoms with E-state index in [0.717, 1.165) is 22.0 Å². The van der Waals surface area contributed by atoms with Gasteiger partial charge in [0.25, 0.3) is 5.91 Å². The van der Waals surface area contributed by atoms with E-state index in [1.165, 1.54) is 6.20 Å². The van der Waals surface area contributed by atoms with E-state index in [1.807, 2.05) is 26.0 Å². The van der Waals surface area contributed by atoms with Gasteiger partial charge in [-0.1, -0.05) is 6.07 Å². The number of rotatable bonds is 4. The third-order valence-electron chi connectivity index (χ3n) is 4.21. The van der Waals surface area contributed by atoms with Crippen molar-refractivity contribution in [3.05, 3.63) is 77.9 Å². The number of benzene rings is 2. The minimum absolute atomic E-state index is 0.189. The number of carbonyl (C=O) groups excluding carboxylic acids is 1. The lowest BCUT2D eigenvalue weighted by Gasteiger charge is -2.06. The lowest BCUT2D eigenvalue weighted by Crippen LogP contribution is -2.12. The van der Waals surface area contributed by atoms with E-state index in [4.69, 9.17) is 4.74 Å². The van der Waals surface area contributed by atoms with E-state index >= 15 is 0 Å². The lowest BCUT2D eigenvalue weighted by atomic mass is 10.1. The zero-order valence-electron chi connectivity index (χ0n) is 15.0. The molecule has 0 unspecified atom stereocenters. The maximum atomic E-state index is 12.6. The molecule has 0 aliphatic heterocycles. The highest BCUT2D eigenvalue weighted by atomic mass is 16.5. The van der Waals surface area contributed by atoms with Crippen LogP contribution in [0, 0.1) is 13.8 Å². The van der Waals surface area contributed by atoms with Gasteiger partial charge in [0.1, 0.15) is 11.4 Å². The molecule has 2 N–H and O–H groups in total. The van der Waals surface area contributed by atoms with Crippen LogP contribution in [0.5, 0.6) is 11.6 Å². The van der Waals surface area contributed by atoms with Crippen LogP contribution >= 0.6 is 0 Å². The number of fused-ring (bicyclic) bond motifs is 1. The van der Waals surface area contributed by atoms with Crippen molar-refractivity contribution in [2.45, 2.75) is 13.8 Å². The van der Waals surface area contributed by atoms with Gasteiger partial charge in [-0.3, -0.25) is 9.78 Å². The molecule has 2 heterocycles. The van der Waals surface area contributed by atoms with Gasteiger partial charge in [0.15, 0.2) is 0 Å². The molecule has 6 nitrogen and oxygen atoms in total. The van der Waals surface area contributed by atoms with E-state index in [9.17, 15) is 4.79 Å². The van der Waals surface area contributed by atoms with Gasteiger partial charge in [0, 0.05) is 29.0 Å². The molecule has 2 aromatic heterocycles.